The minimum atomic E-state index is -0.744. The van der Waals surface area contributed by atoms with Crippen molar-refractivity contribution in [3.8, 4) is 0 Å². The number of amides is 2. The lowest BCUT2D eigenvalue weighted by atomic mass is 10.2. The van der Waals surface area contributed by atoms with Crippen LogP contribution >= 0.6 is 11.6 Å². The Balaban J connectivity index is 2.90. The van der Waals surface area contributed by atoms with Crippen molar-refractivity contribution in [2.75, 3.05) is 0 Å². The van der Waals surface area contributed by atoms with Gasteiger partial charge in [-0.1, -0.05) is 29.8 Å². The SMILES string of the molecule is CC(C)(C)OC(=O)NC(=NCc1ccccc1Cl)NC(=O)OC(C)(C)C. The van der Waals surface area contributed by atoms with E-state index in [4.69, 9.17) is 21.1 Å². The molecular formula is C18H26ClN3O4. The van der Waals surface area contributed by atoms with Gasteiger partial charge in [0, 0.05) is 5.02 Å². The highest BCUT2D eigenvalue weighted by molar-refractivity contribution is 6.31. The van der Waals surface area contributed by atoms with Gasteiger partial charge in [0.05, 0.1) is 6.54 Å². The molecule has 0 unspecified atom stereocenters. The van der Waals surface area contributed by atoms with Crippen molar-refractivity contribution in [2.24, 2.45) is 4.99 Å². The first-order chi connectivity index (χ1) is 11.9. The summed E-state index contributed by atoms with van der Waals surface area (Å²) in [7, 11) is 0. The molecule has 2 N–H and O–H groups in total. The summed E-state index contributed by atoms with van der Waals surface area (Å²) in [5, 5.41) is 5.36. The van der Waals surface area contributed by atoms with Gasteiger partial charge in [-0.25, -0.2) is 14.6 Å². The van der Waals surface area contributed by atoms with Crippen molar-refractivity contribution in [3.63, 3.8) is 0 Å². The van der Waals surface area contributed by atoms with Crippen molar-refractivity contribution in [1.82, 2.24) is 10.6 Å². The van der Waals surface area contributed by atoms with Gasteiger partial charge in [0.1, 0.15) is 11.2 Å². The van der Waals surface area contributed by atoms with E-state index in [0.717, 1.165) is 5.56 Å². The first kappa shape index (κ1) is 21.8. The third-order valence-electron chi connectivity index (χ3n) is 2.60. The van der Waals surface area contributed by atoms with Crippen LogP contribution in [0.25, 0.3) is 0 Å². The molecule has 7 nitrogen and oxygen atoms in total. The average Bonchev–Trinajstić information content (AvgIpc) is 2.41. The van der Waals surface area contributed by atoms with Crippen LogP contribution in [0.5, 0.6) is 0 Å². The molecule has 144 valence electrons. The number of ether oxygens (including phenoxy) is 2. The number of nitrogens with zero attached hydrogens (tertiary/aromatic N) is 1. The number of hydrogen-bond donors (Lipinski definition) is 2. The highest BCUT2D eigenvalue weighted by Crippen LogP contribution is 2.15. The normalized spacial score (nSPS) is 11.3. The molecule has 0 saturated carbocycles. The molecule has 26 heavy (non-hydrogen) atoms. The Labute approximate surface area is 159 Å². The summed E-state index contributed by atoms with van der Waals surface area (Å²) in [6.07, 6.45) is -1.49. The van der Waals surface area contributed by atoms with Gasteiger partial charge in [-0.05, 0) is 53.2 Å². The van der Waals surface area contributed by atoms with E-state index in [2.05, 4.69) is 15.6 Å². The summed E-state index contributed by atoms with van der Waals surface area (Å²) < 4.78 is 10.4. The number of hydrogen-bond acceptors (Lipinski definition) is 5. The Kier molecular flexibility index (Phi) is 7.44. The Morgan fingerprint density at radius 2 is 1.42 bits per heavy atom. The number of benzene rings is 1. The summed E-state index contributed by atoms with van der Waals surface area (Å²) in [6.45, 7) is 10.5. The predicted octanol–water partition coefficient (Wildman–Crippen LogP) is 4.25. The first-order valence-electron chi connectivity index (χ1n) is 8.13. The molecule has 0 aromatic heterocycles. The molecule has 0 bridgehead atoms. The van der Waals surface area contributed by atoms with Gasteiger partial charge >= 0.3 is 12.2 Å². The average molecular weight is 384 g/mol. The van der Waals surface area contributed by atoms with E-state index in [9.17, 15) is 9.59 Å². The number of halogens is 1. The van der Waals surface area contributed by atoms with Crippen molar-refractivity contribution in [2.45, 2.75) is 59.3 Å². The fourth-order valence-corrected chi connectivity index (χ4v) is 1.90. The van der Waals surface area contributed by atoms with E-state index < -0.39 is 23.4 Å². The number of carbonyl (C=O) groups is 2. The maximum absolute atomic E-state index is 12.0. The van der Waals surface area contributed by atoms with Crippen LogP contribution in [-0.2, 0) is 16.0 Å². The fourth-order valence-electron chi connectivity index (χ4n) is 1.70. The maximum Gasteiger partial charge on any atom is 0.414 e. The van der Waals surface area contributed by atoms with Gasteiger partial charge < -0.3 is 9.47 Å². The Bertz CT molecular complexity index is 644. The molecule has 0 radical (unpaired) electrons. The zero-order valence-electron chi connectivity index (χ0n) is 16.0. The van der Waals surface area contributed by atoms with E-state index >= 15 is 0 Å². The number of nitrogens with one attached hydrogen (secondary N) is 2. The van der Waals surface area contributed by atoms with Crippen LogP contribution in [0, 0.1) is 0 Å². The van der Waals surface area contributed by atoms with Crippen molar-refractivity contribution in [1.29, 1.82) is 0 Å². The number of rotatable bonds is 2. The van der Waals surface area contributed by atoms with E-state index in [0.29, 0.717) is 5.02 Å². The standard InChI is InChI=1S/C18H26ClN3O4/c1-17(2,3)25-15(23)21-14(22-16(24)26-18(4,5)6)20-11-12-9-7-8-10-13(12)19/h7-10H,11H2,1-6H3,(H2,20,21,22,23,24). The van der Waals surface area contributed by atoms with E-state index in [-0.39, 0.29) is 12.5 Å². The molecule has 0 atom stereocenters. The summed E-state index contributed by atoms with van der Waals surface area (Å²) in [6, 6.07) is 7.15. The maximum atomic E-state index is 12.0. The highest BCUT2D eigenvalue weighted by atomic mass is 35.5. The molecule has 0 saturated heterocycles. The largest absolute Gasteiger partial charge is 0.444 e. The molecule has 0 spiro atoms. The number of alkyl carbamates (subject to hydrolysis) is 2. The Hall–Kier alpha value is -2.28. The van der Waals surface area contributed by atoms with Gasteiger partial charge in [0.25, 0.3) is 0 Å². The fraction of sp³-hybridized carbons (Fsp3) is 0.500. The second-order valence-electron chi connectivity index (χ2n) is 7.51. The summed E-state index contributed by atoms with van der Waals surface area (Å²) in [4.78, 5) is 28.2. The second kappa shape index (κ2) is 8.89. The van der Waals surface area contributed by atoms with Gasteiger partial charge in [-0.15, -0.1) is 0 Å². The minimum Gasteiger partial charge on any atom is -0.444 e. The molecular weight excluding hydrogens is 358 g/mol. The molecule has 1 aromatic rings. The van der Waals surface area contributed by atoms with Crippen LogP contribution < -0.4 is 10.6 Å². The third-order valence-corrected chi connectivity index (χ3v) is 2.97. The van der Waals surface area contributed by atoms with Crippen LogP contribution in [0.1, 0.15) is 47.1 Å². The van der Waals surface area contributed by atoms with Crippen LogP contribution in [0.4, 0.5) is 9.59 Å². The van der Waals surface area contributed by atoms with Crippen LogP contribution in [0.3, 0.4) is 0 Å². The van der Waals surface area contributed by atoms with Crippen LogP contribution in [0.2, 0.25) is 5.02 Å². The highest BCUT2D eigenvalue weighted by Gasteiger charge is 2.21. The smallest absolute Gasteiger partial charge is 0.414 e. The third kappa shape index (κ3) is 9.27. The van der Waals surface area contributed by atoms with Crippen molar-refractivity contribution in [3.05, 3.63) is 34.9 Å². The van der Waals surface area contributed by atoms with Crippen molar-refractivity contribution < 1.29 is 19.1 Å². The van der Waals surface area contributed by atoms with E-state index in [1.54, 1.807) is 59.7 Å². The molecule has 1 aromatic carbocycles. The van der Waals surface area contributed by atoms with Crippen LogP contribution in [0.15, 0.2) is 29.3 Å². The monoisotopic (exact) mass is 383 g/mol. The van der Waals surface area contributed by atoms with Crippen molar-refractivity contribution >= 4 is 29.7 Å². The lowest BCUT2D eigenvalue weighted by Gasteiger charge is -2.22. The number of carbonyl (C=O) groups excluding carboxylic acids is 2. The molecule has 0 fully saturated rings. The summed E-state index contributed by atoms with van der Waals surface area (Å²) in [5.41, 5.74) is -0.642. The molecule has 8 heteroatoms. The first-order valence-corrected chi connectivity index (χ1v) is 8.51. The summed E-state index contributed by atoms with van der Waals surface area (Å²) in [5.74, 6) is -0.0894. The van der Waals surface area contributed by atoms with E-state index in [1.165, 1.54) is 0 Å². The lowest BCUT2D eigenvalue weighted by Crippen LogP contribution is -2.47. The zero-order chi connectivity index (χ0) is 20.0. The Morgan fingerprint density at radius 1 is 0.962 bits per heavy atom. The predicted molar refractivity (Wildman–Crippen MR) is 101 cm³/mol. The number of aliphatic imine (C=N–C) groups is 1. The molecule has 2 amide bonds. The van der Waals surface area contributed by atoms with Gasteiger partial charge in [-0.3, -0.25) is 10.6 Å². The minimum absolute atomic E-state index is 0.0894. The quantitative estimate of drug-likeness (QED) is 0.590. The molecule has 0 aliphatic carbocycles. The molecule has 0 aliphatic heterocycles. The lowest BCUT2D eigenvalue weighted by molar-refractivity contribution is 0.0545. The molecule has 1 rings (SSSR count). The molecule has 0 aliphatic rings. The van der Waals surface area contributed by atoms with Gasteiger partial charge in [-0.2, -0.15) is 0 Å². The molecule has 0 heterocycles. The topological polar surface area (TPSA) is 89.0 Å². The summed E-state index contributed by atoms with van der Waals surface area (Å²) >= 11 is 6.10. The van der Waals surface area contributed by atoms with Gasteiger partial charge in [0.2, 0.25) is 5.96 Å². The second-order valence-corrected chi connectivity index (χ2v) is 7.92. The number of guanidine groups is 1. The van der Waals surface area contributed by atoms with Gasteiger partial charge in [0.15, 0.2) is 0 Å². The van der Waals surface area contributed by atoms with E-state index in [1.807, 2.05) is 6.07 Å². The van der Waals surface area contributed by atoms with Crippen LogP contribution in [-0.4, -0.2) is 29.3 Å². The Morgan fingerprint density at radius 3 is 1.85 bits per heavy atom. The zero-order valence-corrected chi connectivity index (χ0v) is 16.7.